The molecule has 0 bridgehead atoms. The lowest BCUT2D eigenvalue weighted by molar-refractivity contribution is 0.145. The summed E-state index contributed by atoms with van der Waals surface area (Å²) in [7, 11) is 0. The van der Waals surface area contributed by atoms with Gasteiger partial charge in [0, 0.05) is 32.2 Å². The summed E-state index contributed by atoms with van der Waals surface area (Å²) in [4.78, 5) is 7.30. The predicted octanol–water partition coefficient (Wildman–Crippen LogP) is 2.55. The van der Waals surface area contributed by atoms with Crippen LogP contribution < -0.4 is 10.6 Å². The fourth-order valence-electron chi connectivity index (χ4n) is 3.30. The Morgan fingerprint density at radius 1 is 1.14 bits per heavy atom. The van der Waals surface area contributed by atoms with E-state index in [-0.39, 0.29) is 24.0 Å². The Balaban J connectivity index is 0.00000220. The van der Waals surface area contributed by atoms with Crippen molar-refractivity contribution in [2.45, 2.75) is 46.6 Å². The van der Waals surface area contributed by atoms with E-state index in [0.29, 0.717) is 6.04 Å². The fraction of sp³-hybridized carbons (Fsp3) is 0.938. The molecule has 124 valence electrons. The average Bonchev–Trinajstić information content (AvgIpc) is 3.03. The number of hydrogen-bond acceptors (Lipinski definition) is 2. The van der Waals surface area contributed by atoms with Gasteiger partial charge in [-0.2, -0.15) is 0 Å². The molecule has 4 nitrogen and oxygen atoms in total. The van der Waals surface area contributed by atoms with Crippen LogP contribution in [0.1, 0.15) is 40.5 Å². The van der Waals surface area contributed by atoms with E-state index in [1.165, 1.54) is 25.9 Å². The van der Waals surface area contributed by atoms with Crippen molar-refractivity contribution in [3.05, 3.63) is 0 Å². The van der Waals surface area contributed by atoms with E-state index >= 15 is 0 Å². The summed E-state index contributed by atoms with van der Waals surface area (Å²) < 4.78 is 0. The van der Waals surface area contributed by atoms with E-state index in [1.807, 2.05) is 0 Å². The molecule has 1 aliphatic heterocycles. The Hall–Kier alpha value is -0.0400. The van der Waals surface area contributed by atoms with Crippen LogP contribution in [0.15, 0.2) is 4.99 Å². The molecule has 0 spiro atoms. The van der Waals surface area contributed by atoms with Crippen molar-refractivity contribution in [2.24, 2.45) is 22.7 Å². The highest BCUT2D eigenvalue weighted by Gasteiger charge is 2.33. The highest BCUT2D eigenvalue weighted by molar-refractivity contribution is 14.0. The molecule has 2 N–H and O–H groups in total. The zero-order valence-electron chi connectivity index (χ0n) is 14.1. The third-order valence-electron chi connectivity index (χ3n) is 4.41. The van der Waals surface area contributed by atoms with E-state index < -0.39 is 0 Å². The largest absolute Gasteiger partial charge is 0.357 e. The molecular formula is C16H33IN4. The van der Waals surface area contributed by atoms with Gasteiger partial charge in [-0.25, -0.2) is 0 Å². The highest BCUT2D eigenvalue weighted by atomic mass is 127. The Bertz CT molecular complexity index is 324. The van der Waals surface area contributed by atoms with Crippen molar-refractivity contribution in [2.75, 3.05) is 32.7 Å². The van der Waals surface area contributed by atoms with Gasteiger partial charge in [-0.1, -0.05) is 20.8 Å². The van der Waals surface area contributed by atoms with Crippen LogP contribution in [0, 0.1) is 17.8 Å². The maximum absolute atomic E-state index is 4.72. The molecule has 1 saturated heterocycles. The summed E-state index contributed by atoms with van der Waals surface area (Å²) in [6.07, 6.45) is 2.66. The Kier molecular flexibility index (Phi) is 8.31. The molecule has 1 heterocycles. The number of nitrogens with zero attached hydrogens (tertiary/aromatic N) is 2. The molecule has 0 aromatic rings. The lowest BCUT2D eigenvalue weighted by atomic mass is 9.92. The second-order valence-electron chi connectivity index (χ2n) is 6.93. The monoisotopic (exact) mass is 408 g/mol. The van der Waals surface area contributed by atoms with Gasteiger partial charge in [-0.15, -0.1) is 24.0 Å². The third-order valence-corrected chi connectivity index (χ3v) is 4.41. The van der Waals surface area contributed by atoms with Crippen molar-refractivity contribution in [3.63, 3.8) is 0 Å². The molecule has 4 unspecified atom stereocenters. The molecular weight excluding hydrogens is 375 g/mol. The third kappa shape index (κ3) is 6.72. The van der Waals surface area contributed by atoms with Crippen LogP contribution in [0.2, 0.25) is 0 Å². The van der Waals surface area contributed by atoms with Crippen LogP contribution in [0.5, 0.6) is 0 Å². The molecule has 2 rings (SSSR count). The first-order chi connectivity index (χ1) is 9.58. The first kappa shape index (κ1) is 19.0. The molecule has 0 aromatic carbocycles. The highest BCUT2D eigenvalue weighted by Crippen LogP contribution is 2.28. The number of halogens is 1. The minimum absolute atomic E-state index is 0. The Morgan fingerprint density at radius 2 is 1.76 bits per heavy atom. The molecule has 0 aromatic heterocycles. The van der Waals surface area contributed by atoms with Crippen molar-refractivity contribution in [1.82, 2.24) is 15.5 Å². The average molecular weight is 408 g/mol. The summed E-state index contributed by atoms with van der Waals surface area (Å²) in [5.41, 5.74) is 0. The number of guanidine groups is 1. The van der Waals surface area contributed by atoms with E-state index in [1.54, 1.807) is 0 Å². The summed E-state index contributed by atoms with van der Waals surface area (Å²) in [6, 6.07) is 0.642. The minimum atomic E-state index is 0. The van der Waals surface area contributed by atoms with E-state index in [0.717, 1.165) is 43.3 Å². The van der Waals surface area contributed by atoms with Gasteiger partial charge in [-0.05, 0) is 37.5 Å². The van der Waals surface area contributed by atoms with Gasteiger partial charge < -0.3 is 15.5 Å². The van der Waals surface area contributed by atoms with Gasteiger partial charge >= 0.3 is 0 Å². The van der Waals surface area contributed by atoms with E-state index in [4.69, 9.17) is 4.99 Å². The molecule has 2 fully saturated rings. The number of likely N-dealkylation sites (tertiary alicyclic amines) is 1. The van der Waals surface area contributed by atoms with E-state index in [2.05, 4.69) is 43.2 Å². The first-order valence-electron chi connectivity index (χ1n) is 8.35. The lowest BCUT2D eigenvalue weighted by Crippen LogP contribution is -2.42. The normalized spacial score (nSPS) is 33.2. The van der Waals surface area contributed by atoms with Crippen LogP contribution in [0.4, 0.5) is 0 Å². The summed E-state index contributed by atoms with van der Waals surface area (Å²) in [5.74, 6) is 3.48. The molecule has 0 amide bonds. The number of aliphatic imine (C=N–C) groups is 1. The number of piperidine rings is 1. The Morgan fingerprint density at radius 3 is 2.29 bits per heavy atom. The molecule has 1 aliphatic carbocycles. The van der Waals surface area contributed by atoms with E-state index in [9.17, 15) is 0 Å². The molecule has 1 saturated carbocycles. The van der Waals surface area contributed by atoms with Crippen molar-refractivity contribution >= 4 is 29.9 Å². The van der Waals surface area contributed by atoms with Gasteiger partial charge in [-0.3, -0.25) is 4.99 Å². The van der Waals surface area contributed by atoms with Crippen LogP contribution in [-0.2, 0) is 0 Å². The first-order valence-corrected chi connectivity index (χ1v) is 8.35. The topological polar surface area (TPSA) is 39.7 Å². The van der Waals surface area contributed by atoms with Crippen molar-refractivity contribution in [1.29, 1.82) is 0 Å². The van der Waals surface area contributed by atoms with Gasteiger partial charge in [0.15, 0.2) is 5.96 Å². The van der Waals surface area contributed by atoms with Crippen LogP contribution in [0.3, 0.4) is 0 Å². The SMILES string of the molecule is CCNC(=NCCN1CC(C)CC(C)C1)NC1CC1C.I. The molecule has 21 heavy (non-hydrogen) atoms. The molecule has 4 atom stereocenters. The fourth-order valence-corrected chi connectivity index (χ4v) is 3.30. The van der Waals surface area contributed by atoms with Gasteiger partial charge in [0.25, 0.3) is 0 Å². The molecule has 0 radical (unpaired) electrons. The summed E-state index contributed by atoms with van der Waals surface area (Å²) >= 11 is 0. The van der Waals surface area contributed by atoms with Gasteiger partial charge in [0.05, 0.1) is 6.54 Å². The number of nitrogens with one attached hydrogen (secondary N) is 2. The second-order valence-corrected chi connectivity index (χ2v) is 6.93. The molecule has 5 heteroatoms. The second kappa shape index (κ2) is 9.18. The predicted molar refractivity (Wildman–Crippen MR) is 101 cm³/mol. The maximum atomic E-state index is 4.72. The lowest BCUT2D eigenvalue weighted by Gasteiger charge is -2.34. The zero-order valence-corrected chi connectivity index (χ0v) is 16.4. The number of hydrogen-bond donors (Lipinski definition) is 2. The van der Waals surface area contributed by atoms with Crippen LogP contribution in [0.25, 0.3) is 0 Å². The zero-order chi connectivity index (χ0) is 14.5. The Labute approximate surface area is 147 Å². The van der Waals surface area contributed by atoms with Crippen molar-refractivity contribution < 1.29 is 0 Å². The summed E-state index contributed by atoms with van der Waals surface area (Å²) in [6.45, 7) is 14.6. The smallest absolute Gasteiger partial charge is 0.191 e. The van der Waals surface area contributed by atoms with Gasteiger partial charge in [0.1, 0.15) is 0 Å². The summed E-state index contributed by atoms with van der Waals surface area (Å²) in [5, 5.41) is 6.87. The minimum Gasteiger partial charge on any atom is -0.357 e. The van der Waals surface area contributed by atoms with Gasteiger partial charge in [0.2, 0.25) is 0 Å². The maximum Gasteiger partial charge on any atom is 0.191 e. The standard InChI is InChI=1S/C16H32N4.HI/c1-5-17-16(19-15-9-14(15)4)18-6-7-20-10-12(2)8-13(3)11-20;/h12-15H,5-11H2,1-4H3,(H2,17,18,19);1H. The van der Waals surface area contributed by atoms with Crippen molar-refractivity contribution in [3.8, 4) is 0 Å². The molecule has 2 aliphatic rings. The van der Waals surface area contributed by atoms with Crippen LogP contribution >= 0.6 is 24.0 Å². The number of rotatable bonds is 5. The quantitative estimate of drug-likeness (QED) is 0.417. The van der Waals surface area contributed by atoms with Crippen LogP contribution in [-0.4, -0.2) is 49.6 Å².